The molecule has 5 heteroatoms. The van der Waals surface area contributed by atoms with Gasteiger partial charge in [-0.2, -0.15) is 0 Å². The standard InChI is InChI=1S/C14H19NO4/c1-15(2)13(16)7-6-10-8-11(17-3)14(19-5)12(9-10)18-4/h6-9H,1-5H3/b7-6+. The number of likely N-dealkylation sites (N-methyl/N-ethyl adjacent to an activating group) is 1. The van der Waals surface area contributed by atoms with E-state index in [0.717, 1.165) is 5.56 Å². The topological polar surface area (TPSA) is 48.0 Å². The van der Waals surface area contributed by atoms with Crippen LogP contribution in [0.1, 0.15) is 5.56 Å². The molecule has 0 aliphatic carbocycles. The SMILES string of the molecule is COc1cc(/C=C/C(=O)N(C)C)cc(OC)c1OC. The maximum atomic E-state index is 11.5. The quantitative estimate of drug-likeness (QED) is 0.762. The van der Waals surface area contributed by atoms with Gasteiger partial charge >= 0.3 is 0 Å². The molecule has 0 saturated heterocycles. The van der Waals surface area contributed by atoms with E-state index in [-0.39, 0.29) is 5.91 Å². The summed E-state index contributed by atoms with van der Waals surface area (Å²) >= 11 is 0. The highest BCUT2D eigenvalue weighted by Gasteiger charge is 2.12. The molecular weight excluding hydrogens is 246 g/mol. The fourth-order valence-corrected chi connectivity index (χ4v) is 1.51. The molecule has 1 rings (SSSR count). The lowest BCUT2D eigenvalue weighted by molar-refractivity contribution is -0.123. The lowest BCUT2D eigenvalue weighted by Crippen LogP contribution is -2.18. The minimum absolute atomic E-state index is 0.0891. The second-order valence-electron chi connectivity index (χ2n) is 4.02. The van der Waals surface area contributed by atoms with E-state index >= 15 is 0 Å². The Morgan fingerprint density at radius 1 is 1.05 bits per heavy atom. The highest BCUT2D eigenvalue weighted by Crippen LogP contribution is 2.38. The van der Waals surface area contributed by atoms with Crippen LogP contribution in [-0.2, 0) is 4.79 Å². The van der Waals surface area contributed by atoms with Crippen molar-refractivity contribution in [2.45, 2.75) is 0 Å². The zero-order valence-electron chi connectivity index (χ0n) is 11.9. The van der Waals surface area contributed by atoms with E-state index in [0.29, 0.717) is 17.2 Å². The molecule has 5 nitrogen and oxygen atoms in total. The highest BCUT2D eigenvalue weighted by atomic mass is 16.5. The molecule has 19 heavy (non-hydrogen) atoms. The predicted molar refractivity (Wildman–Crippen MR) is 73.8 cm³/mol. The van der Waals surface area contributed by atoms with E-state index in [2.05, 4.69) is 0 Å². The van der Waals surface area contributed by atoms with Crippen molar-refractivity contribution >= 4 is 12.0 Å². The normalized spacial score (nSPS) is 10.4. The van der Waals surface area contributed by atoms with Gasteiger partial charge in [0.15, 0.2) is 11.5 Å². The molecule has 0 N–H and O–H groups in total. The van der Waals surface area contributed by atoms with Gasteiger partial charge in [0.05, 0.1) is 21.3 Å². The Bertz CT molecular complexity index is 455. The molecular formula is C14H19NO4. The minimum atomic E-state index is -0.0891. The maximum Gasteiger partial charge on any atom is 0.246 e. The lowest BCUT2D eigenvalue weighted by atomic mass is 10.1. The molecule has 0 aromatic heterocycles. The molecule has 0 unspecified atom stereocenters. The first-order valence-corrected chi connectivity index (χ1v) is 5.72. The van der Waals surface area contributed by atoms with Gasteiger partial charge in [-0.3, -0.25) is 4.79 Å². The fourth-order valence-electron chi connectivity index (χ4n) is 1.51. The zero-order valence-corrected chi connectivity index (χ0v) is 11.9. The molecule has 0 bridgehead atoms. The molecule has 1 aromatic carbocycles. The van der Waals surface area contributed by atoms with Crippen molar-refractivity contribution in [2.75, 3.05) is 35.4 Å². The van der Waals surface area contributed by atoms with Gasteiger partial charge in [0.25, 0.3) is 0 Å². The third-order valence-corrected chi connectivity index (χ3v) is 2.55. The summed E-state index contributed by atoms with van der Waals surface area (Å²) in [5.74, 6) is 1.55. The number of methoxy groups -OCH3 is 3. The van der Waals surface area contributed by atoms with E-state index in [4.69, 9.17) is 14.2 Å². The number of carbonyl (C=O) groups excluding carboxylic acids is 1. The highest BCUT2D eigenvalue weighted by molar-refractivity contribution is 5.91. The molecule has 0 fully saturated rings. The first-order valence-electron chi connectivity index (χ1n) is 5.72. The predicted octanol–water partition coefficient (Wildman–Crippen LogP) is 1.81. The average Bonchev–Trinajstić information content (AvgIpc) is 2.42. The van der Waals surface area contributed by atoms with Crippen LogP contribution >= 0.6 is 0 Å². The third kappa shape index (κ3) is 3.64. The van der Waals surface area contributed by atoms with Crippen molar-refractivity contribution in [3.05, 3.63) is 23.8 Å². The van der Waals surface area contributed by atoms with Crippen LogP contribution in [0.25, 0.3) is 6.08 Å². The van der Waals surface area contributed by atoms with Crippen molar-refractivity contribution in [3.8, 4) is 17.2 Å². The number of amides is 1. The summed E-state index contributed by atoms with van der Waals surface area (Å²) in [4.78, 5) is 13.0. The zero-order chi connectivity index (χ0) is 14.4. The van der Waals surface area contributed by atoms with Crippen molar-refractivity contribution in [1.29, 1.82) is 0 Å². The first kappa shape index (κ1) is 14.9. The number of hydrogen-bond donors (Lipinski definition) is 0. The minimum Gasteiger partial charge on any atom is -0.493 e. The van der Waals surface area contributed by atoms with Gasteiger partial charge in [0.2, 0.25) is 11.7 Å². The molecule has 0 heterocycles. The summed E-state index contributed by atoms with van der Waals surface area (Å²) in [6.07, 6.45) is 3.19. The van der Waals surface area contributed by atoms with Crippen LogP contribution in [0.15, 0.2) is 18.2 Å². The van der Waals surface area contributed by atoms with Crippen molar-refractivity contribution in [1.82, 2.24) is 4.90 Å². The summed E-state index contributed by atoms with van der Waals surface area (Å²) in [7, 11) is 8.04. The van der Waals surface area contributed by atoms with Crippen molar-refractivity contribution in [3.63, 3.8) is 0 Å². The summed E-state index contributed by atoms with van der Waals surface area (Å²) in [5.41, 5.74) is 0.796. The van der Waals surface area contributed by atoms with Gasteiger partial charge in [-0.25, -0.2) is 0 Å². The lowest BCUT2D eigenvalue weighted by Gasteiger charge is -2.13. The van der Waals surface area contributed by atoms with E-state index in [1.54, 1.807) is 53.6 Å². The van der Waals surface area contributed by atoms with Crippen LogP contribution < -0.4 is 14.2 Å². The largest absolute Gasteiger partial charge is 0.493 e. The average molecular weight is 265 g/mol. The molecule has 0 spiro atoms. The molecule has 1 aromatic rings. The Morgan fingerprint density at radius 3 is 1.95 bits per heavy atom. The summed E-state index contributed by atoms with van der Waals surface area (Å²) in [6.45, 7) is 0. The second kappa shape index (κ2) is 6.68. The van der Waals surface area contributed by atoms with Gasteiger partial charge < -0.3 is 19.1 Å². The number of ether oxygens (including phenoxy) is 3. The summed E-state index contributed by atoms with van der Waals surface area (Å²) in [5, 5.41) is 0. The number of carbonyl (C=O) groups is 1. The molecule has 104 valence electrons. The van der Waals surface area contributed by atoms with Crippen LogP contribution in [0.3, 0.4) is 0 Å². The Balaban J connectivity index is 3.13. The first-order chi connectivity index (χ1) is 9.03. The van der Waals surface area contributed by atoms with Crippen LogP contribution in [-0.4, -0.2) is 46.2 Å². The van der Waals surface area contributed by atoms with E-state index in [9.17, 15) is 4.79 Å². The molecule has 1 amide bonds. The van der Waals surface area contributed by atoms with Gasteiger partial charge in [-0.15, -0.1) is 0 Å². The summed E-state index contributed by atoms with van der Waals surface area (Å²) < 4.78 is 15.7. The van der Waals surface area contributed by atoms with Crippen LogP contribution in [0.5, 0.6) is 17.2 Å². The maximum absolute atomic E-state index is 11.5. The monoisotopic (exact) mass is 265 g/mol. The molecule has 0 atom stereocenters. The van der Waals surface area contributed by atoms with Crippen LogP contribution in [0, 0.1) is 0 Å². The molecule has 0 radical (unpaired) electrons. The van der Waals surface area contributed by atoms with E-state index < -0.39 is 0 Å². The Hall–Kier alpha value is -2.17. The van der Waals surface area contributed by atoms with Crippen molar-refractivity contribution < 1.29 is 19.0 Å². The number of benzene rings is 1. The van der Waals surface area contributed by atoms with Crippen LogP contribution in [0.2, 0.25) is 0 Å². The van der Waals surface area contributed by atoms with Gasteiger partial charge in [0, 0.05) is 20.2 Å². The van der Waals surface area contributed by atoms with Crippen LogP contribution in [0.4, 0.5) is 0 Å². The molecule has 0 aliphatic rings. The Labute approximate surface area is 113 Å². The Kier molecular flexibility index (Phi) is 5.23. The number of nitrogens with zero attached hydrogens (tertiary/aromatic N) is 1. The van der Waals surface area contributed by atoms with Gasteiger partial charge in [-0.05, 0) is 23.8 Å². The van der Waals surface area contributed by atoms with E-state index in [1.165, 1.54) is 11.0 Å². The fraction of sp³-hybridized carbons (Fsp3) is 0.357. The molecule has 0 aliphatic heterocycles. The van der Waals surface area contributed by atoms with Crippen molar-refractivity contribution in [2.24, 2.45) is 0 Å². The third-order valence-electron chi connectivity index (χ3n) is 2.55. The van der Waals surface area contributed by atoms with Gasteiger partial charge in [-0.1, -0.05) is 0 Å². The number of hydrogen-bond acceptors (Lipinski definition) is 4. The molecule has 0 saturated carbocycles. The smallest absolute Gasteiger partial charge is 0.246 e. The van der Waals surface area contributed by atoms with E-state index in [1.807, 2.05) is 0 Å². The Morgan fingerprint density at radius 2 is 1.58 bits per heavy atom. The second-order valence-corrected chi connectivity index (χ2v) is 4.02. The summed E-state index contributed by atoms with van der Waals surface area (Å²) in [6, 6.07) is 3.56. The number of rotatable bonds is 5. The van der Waals surface area contributed by atoms with Gasteiger partial charge in [0.1, 0.15) is 0 Å².